The molecule has 164 valence electrons. The summed E-state index contributed by atoms with van der Waals surface area (Å²) in [6.07, 6.45) is -4.42. The molecule has 3 aliphatic rings. The van der Waals surface area contributed by atoms with Crippen molar-refractivity contribution in [1.82, 2.24) is 26.2 Å². The molecule has 0 aromatic carbocycles. The number of sulfone groups is 1. The van der Waals surface area contributed by atoms with Gasteiger partial charge >= 0.3 is 6.18 Å². The van der Waals surface area contributed by atoms with Crippen molar-refractivity contribution < 1.29 is 31.4 Å². The standard InChI is InChI=1S/C15H28F3N5O4S/c1-10-2-3-11(27-10)8-19-12-20-13(23-4-6-28(24,25)7-5-23)22-14(21-12)26-9-15(16,17)18/h10-14,19-22H,2-9H2,1H3. The third kappa shape index (κ3) is 6.85. The zero-order valence-electron chi connectivity index (χ0n) is 15.7. The summed E-state index contributed by atoms with van der Waals surface area (Å²) in [5.74, 6) is 0.0283. The second-order valence-electron chi connectivity index (χ2n) is 7.38. The molecule has 9 nitrogen and oxygen atoms in total. The first-order chi connectivity index (χ1) is 13.1. The number of alkyl halides is 3. The van der Waals surface area contributed by atoms with Crippen LogP contribution in [0.25, 0.3) is 0 Å². The number of hydrogen-bond acceptors (Lipinski definition) is 9. The lowest BCUT2D eigenvalue weighted by atomic mass is 10.2. The number of ether oxygens (including phenoxy) is 2. The molecular formula is C15H28F3N5O4S. The highest BCUT2D eigenvalue weighted by Crippen LogP contribution is 2.19. The van der Waals surface area contributed by atoms with E-state index >= 15 is 0 Å². The van der Waals surface area contributed by atoms with E-state index in [-0.39, 0.29) is 36.8 Å². The predicted octanol–water partition coefficient (Wildman–Crippen LogP) is -0.699. The van der Waals surface area contributed by atoms with Crippen LogP contribution in [0.2, 0.25) is 0 Å². The molecule has 0 radical (unpaired) electrons. The van der Waals surface area contributed by atoms with Crippen LogP contribution >= 0.6 is 0 Å². The maximum absolute atomic E-state index is 12.5. The van der Waals surface area contributed by atoms with Crippen LogP contribution in [-0.4, -0.2) is 84.5 Å². The van der Waals surface area contributed by atoms with Crippen LogP contribution in [0, 0.1) is 0 Å². The van der Waals surface area contributed by atoms with Gasteiger partial charge in [0.15, 0.2) is 6.35 Å². The van der Waals surface area contributed by atoms with Crippen molar-refractivity contribution in [2.75, 3.05) is 37.7 Å². The molecule has 3 rings (SSSR count). The average molecular weight is 431 g/mol. The van der Waals surface area contributed by atoms with Crippen LogP contribution in [-0.2, 0) is 23.9 Å². The molecule has 4 N–H and O–H groups in total. The van der Waals surface area contributed by atoms with Gasteiger partial charge in [0.05, 0.1) is 12.2 Å². The summed E-state index contributed by atoms with van der Waals surface area (Å²) in [6, 6.07) is 0. The van der Waals surface area contributed by atoms with Crippen molar-refractivity contribution in [1.29, 1.82) is 0 Å². The van der Waals surface area contributed by atoms with E-state index in [2.05, 4.69) is 21.3 Å². The van der Waals surface area contributed by atoms with Gasteiger partial charge in [0.1, 0.15) is 30.7 Å². The van der Waals surface area contributed by atoms with E-state index in [0.29, 0.717) is 6.54 Å². The molecule has 0 amide bonds. The van der Waals surface area contributed by atoms with Crippen molar-refractivity contribution in [3.05, 3.63) is 0 Å². The van der Waals surface area contributed by atoms with Crippen LogP contribution in [0.15, 0.2) is 0 Å². The van der Waals surface area contributed by atoms with Crippen molar-refractivity contribution >= 4 is 10.2 Å². The largest absolute Gasteiger partial charge is 0.615 e. The molecule has 3 aliphatic heterocycles. The number of halogens is 3. The van der Waals surface area contributed by atoms with Gasteiger partial charge in [-0.1, -0.05) is 0 Å². The quantitative estimate of drug-likeness (QED) is 0.406. The van der Waals surface area contributed by atoms with Gasteiger partial charge in [0, 0.05) is 29.8 Å². The molecule has 5 unspecified atom stereocenters. The zero-order chi connectivity index (χ0) is 20.4. The Kier molecular flexibility index (Phi) is 7.32. The molecule has 3 fully saturated rings. The fourth-order valence-electron chi connectivity index (χ4n) is 3.47. The Morgan fingerprint density at radius 2 is 1.96 bits per heavy atom. The molecule has 13 heteroatoms. The summed E-state index contributed by atoms with van der Waals surface area (Å²) in [5, 5.41) is 12.2. The Morgan fingerprint density at radius 3 is 2.57 bits per heavy atom. The Labute approximate surface area is 163 Å². The van der Waals surface area contributed by atoms with E-state index < -0.39 is 41.9 Å². The summed E-state index contributed by atoms with van der Waals surface area (Å²) in [7, 11) is -3.06. The Morgan fingerprint density at radius 1 is 1.25 bits per heavy atom. The predicted molar refractivity (Wildman–Crippen MR) is 94.5 cm³/mol. The van der Waals surface area contributed by atoms with E-state index in [1.807, 2.05) is 11.8 Å². The lowest BCUT2D eigenvalue weighted by Gasteiger charge is -2.44. The minimum absolute atomic E-state index is 0.0141. The van der Waals surface area contributed by atoms with Gasteiger partial charge in [0.2, 0.25) is 0 Å². The first kappa shape index (κ1) is 22.3. The maximum atomic E-state index is 12.5. The fourth-order valence-corrected chi connectivity index (χ4v) is 4.70. The first-order valence-electron chi connectivity index (χ1n) is 9.39. The molecule has 3 saturated heterocycles. The molecular weight excluding hydrogens is 403 g/mol. The van der Waals surface area contributed by atoms with Gasteiger partial charge in [-0.3, -0.25) is 26.2 Å². The minimum Gasteiger partial charge on any atom is -0.615 e. The number of rotatable bonds is 6. The highest BCUT2D eigenvalue weighted by Gasteiger charge is 2.37. The smallest absolute Gasteiger partial charge is 0.411 e. The van der Waals surface area contributed by atoms with E-state index in [0.717, 1.165) is 12.8 Å². The second-order valence-corrected chi connectivity index (χ2v) is 9.69. The molecule has 0 spiro atoms. The van der Waals surface area contributed by atoms with Gasteiger partial charge in [0.25, 0.3) is 0 Å². The van der Waals surface area contributed by atoms with Gasteiger partial charge in [-0.15, -0.1) is 4.21 Å². The van der Waals surface area contributed by atoms with E-state index in [1.54, 1.807) is 0 Å². The Balaban J connectivity index is 1.56. The van der Waals surface area contributed by atoms with Gasteiger partial charge in [-0.25, -0.2) is 0 Å². The highest BCUT2D eigenvalue weighted by atomic mass is 32.3. The Bertz CT molecular complexity index is 560. The second kappa shape index (κ2) is 9.18. The number of nitrogens with zero attached hydrogens (tertiary/aromatic N) is 1. The van der Waals surface area contributed by atoms with E-state index in [9.17, 15) is 21.9 Å². The monoisotopic (exact) mass is 431 g/mol. The van der Waals surface area contributed by atoms with Crippen LogP contribution in [0.5, 0.6) is 0 Å². The number of nitrogens with one attached hydrogen (secondary N) is 4. The molecule has 0 aromatic heterocycles. The molecule has 28 heavy (non-hydrogen) atoms. The normalized spacial score (nSPS) is 37.2. The van der Waals surface area contributed by atoms with Crippen LogP contribution in [0.1, 0.15) is 19.8 Å². The van der Waals surface area contributed by atoms with Gasteiger partial charge < -0.3 is 14.0 Å². The van der Waals surface area contributed by atoms with Crippen molar-refractivity contribution in [3.63, 3.8) is 0 Å². The SMILES string of the molecule is CC1CCC(CNC2NC(OCC(F)(F)F)NC(N3CC[S+](=O)([O-])CC3)N2)O1. The lowest BCUT2D eigenvalue weighted by Crippen LogP contribution is -2.76. The topological polar surface area (TPSA) is 110 Å². The van der Waals surface area contributed by atoms with Crippen molar-refractivity contribution in [2.24, 2.45) is 0 Å². The molecule has 5 atom stereocenters. The first-order valence-corrected chi connectivity index (χ1v) is 11.2. The highest BCUT2D eigenvalue weighted by molar-refractivity contribution is 7.97. The summed E-state index contributed by atoms with van der Waals surface area (Å²) >= 11 is 0. The Hall–Kier alpha value is -0.380. The third-order valence-corrected chi connectivity index (χ3v) is 6.59. The van der Waals surface area contributed by atoms with Crippen molar-refractivity contribution in [3.8, 4) is 0 Å². The zero-order valence-corrected chi connectivity index (χ0v) is 16.5. The van der Waals surface area contributed by atoms with Crippen LogP contribution < -0.4 is 21.3 Å². The molecule has 0 saturated carbocycles. The van der Waals surface area contributed by atoms with E-state index in [1.165, 1.54) is 0 Å². The summed E-state index contributed by atoms with van der Waals surface area (Å²) in [6.45, 7) is 1.71. The van der Waals surface area contributed by atoms with Crippen LogP contribution in [0.3, 0.4) is 0 Å². The minimum atomic E-state index is -4.44. The lowest BCUT2D eigenvalue weighted by molar-refractivity contribution is -0.201. The molecule has 0 aromatic rings. The maximum Gasteiger partial charge on any atom is 0.411 e. The summed E-state index contributed by atoms with van der Waals surface area (Å²) in [5.41, 5.74) is 0. The average Bonchev–Trinajstić information content (AvgIpc) is 3.03. The third-order valence-electron chi connectivity index (χ3n) is 4.98. The molecule has 0 aliphatic carbocycles. The summed E-state index contributed by atoms with van der Waals surface area (Å²) < 4.78 is 71.5. The van der Waals surface area contributed by atoms with Gasteiger partial charge in [-0.2, -0.15) is 13.2 Å². The molecule has 3 heterocycles. The number of hydrogen-bond donors (Lipinski definition) is 4. The van der Waals surface area contributed by atoms with Gasteiger partial charge in [-0.05, 0) is 19.8 Å². The fraction of sp³-hybridized carbons (Fsp3) is 1.00. The van der Waals surface area contributed by atoms with E-state index in [4.69, 9.17) is 9.47 Å². The molecule has 0 bridgehead atoms. The summed E-state index contributed by atoms with van der Waals surface area (Å²) in [4.78, 5) is 1.84. The van der Waals surface area contributed by atoms with Crippen molar-refractivity contribution in [2.45, 2.75) is 57.1 Å². The van der Waals surface area contributed by atoms with Crippen LogP contribution in [0.4, 0.5) is 13.2 Å².